The molecule has 1 aromatic carbocycles. The van der Waals surface area contributed by atoms with Gasteiger partial charge in [-0.05, 0) is 36.0 Å². The average Bonchev–Trinajstić information content (AvgIpc) is 2.31. The van der Waals surface area contributed by atoms with Crippen LogP contribution in [0.15, 0.2) is 24.3 Å². The third-order valence-corrected chi connectivity index (χ3v) is 3.28. The van der Waals surface area contributed by atoms with Crippen molar-refractivity contribution in [3.8, 4) is 0 Å². The summed E-state index contributed by atoms with van der Waals surface area (Å²) in [6.45, 7) is 6.50. The van der Waals surface area contributed by atoms with Crippen LogP contribution in [0.25, 0.3) is 0 Å². The molecule has 0 aliphatic rings. The maximum Gasteiger partial charge on any atom is 0.224 e. The van der Waals surface area contributed by atoms with Crippen LogP contribution in [0.4, 0.5) is 5.69 Å². The minimum absolute atomic E-state index is 0.0612. The first-order valence-corrected chi connectivity index (χ1v) is 6.52. The lowest BCUT2D eigenvalue weighted by Crippen LogP contribution is -2.17. The van der Waals surface area contributed by atoms with E-state index in [4.69, 9.17) is 5.11 Å². The summed E-state index contributed by atoms with van der Waals surface area (Å²) in [6.07, 6.45) is 1.20. The molecule has 0 aliphatic carbocycles. The number of rotatable bonds is 6. The van der Waals surface area contributed by atoms with Crippen molar-refractivity contribution in [3.05, 3.63) is 29.8 Å². The highest BCUT2D eigenvalue weighted by Gasteiger charge is 2.12. The van der Waals surface area contributed by atoms with E-state index in [-0.39, 0.29) is 12.5 Å². The lowest BCUT2D eigenvalue weighted by atomic mass is 9.94. The molecule has 0 aromatic heterocycles. The summed E-state index contributed by atoms with van der Waals surface area (Å²) in [5, 5.41) is 11.7. The largest absolute Gasteiger partial charge is 0.396 e. The monoisotopic (exact) mass is 249 g/mol. The fourth-order valence-corrected chi connectivity index (χ4v) is 1.62. The Kier molecular flexibility index (Phi) is 5.86. The van der Waals surface area contributed by atoms with Crippen LogP contribution in [0, 0.1) is 11.8 Å². The maximum atomic E-state index is 11.8. The van der Waals surface area contributed by atoms with Gasteiger partial charge in [0.15, 0.2) is 0 Å². The highest BCUT2D eigenvalue weighted by Crippen LogP contribution is 2.16. The Balaban J connectivity index is 2.49. The average molecular weight is 249 g/mol. The van der Waals surface area contributed by atoms with E-state index < -0.39 is 0 Å². The van der Waals surface area contributed by atoms with Gasteiger partial charge in [0.1, 0.15) is 0 Å². The summed E-state index contributed by atoms with van der Waals surface area (Å²) in [7, 11) is 0. The number of hydrogen-bond donors (Lipinski definition) is 2. The molecule has 0 spiro atoms. The zero-order chi connectivity index (χ0) is 13.5. The predicted octanol–water partition coefficient (Wildman–Crippen LogP) is 2.84. The molecule has 1 atom stereocenters. The number of benzene rings is 1. The zero-order valence-corrected chi connectivity index (χ0v) is 11.4. The third-order valence-electron chi connectivity index (χ3n) is 3.28. The van der Waals surface area contributed by atoms with Gasteiger partial charge in [-0.1, -0.05) is 32.9 Å². The Morgan fingerprint density at radius 2 is 1.83 bits per heavy atom. The van der Waals surface area contributed by atoms with Crippen molar-refractivity contribution in [1.29, 1.82) is 0 Å². The van der Waals surface area contributed by atoms with Gasteiger partial charge in [-0.25, -0.2) is 0 Å². The number of carbonyl (C=O) groups is 1. The van der Waals surface area contributed by atoms with Crippen LogP contribution in [-0.4, -0.2) is 17.6 Å². The van der Waals surface area contributed by atoms with Crippen LogP contribution in [0.3, 0.4) is 0 Å². The third kappa shape index (κ3) is 4.88. The van der Waals surface area contributed by atoms with Crippen molar-refractivity contribution in [3.63, 3.8) is 0 Å². The molecule has 1 aromatic rings. The van der Waals surface area contributed by atoms with Gasteiger partial charge in [0.25, 0.3) is 0 Å². The van der Waals surface area contributed by atoms with E-state index in [2.05, 4.69) is 26.1 Å². The number of amides is 1. The maximum absolute atomic E-state index is 11.8. The van der Waals surface area contributed by atoms with Crippen molar-refractivity contribution in [2.24, 2.45) is 11.8 Å². The molecule has 0 bridgehead atoms. The molecular weight excluding hydrogens is 226 g/mol. The normalized spacial score (nSPS) is 12.5. The number of aliphatic hydroxyl groups excluding tert-OH is 1. The van der Waals surface area contributed by atoms with Gasteiger partial charge in [0.05, 0.1) is 0 Å². The van der Waals surface area contributed by atoms with E-state index in [0.717, 1.165) is 11.3 Å². The number of carbonyl (C=O) groups excluding carboxylic acids is 1. The summed E-state index contributed by atoms with van der Waals surface area (Å²) in [5.41, 5.74) is 1.89. The molecule has 0 fully saturated rings. The highest BCUT2D eigenvalue weighted by atomic mass is 16.2. The summed E-state index contributed by atoms with van der Waals surface area (Å²) in [6, 6.07) is 7.61. The topological polar surface area (TPSA) is 49.3 Å². The molecule has 2 N–H and O–H groups in total. The van der Waals surface area contributed by atoms with Gasteiger partial charge in [-0.15, -0.1) is 0 Å². The zero-order valence-electron chi connectivity index (χ0n) is 11.4. The lowest BCUT2D eigenvalue weighted by molar-refractivity contribution is -0.117. The van der Waals surface area contributed by atoms with E-state index in [0.29, 0.717) is 24.7 Å². The molecule has 1 rings (SSSR count). The Morgan fingerprint density at radius 3 is 2.33 bits per heavy atom. The van der Waals surface area contributed by atoms with E-state index in [1.54, 1.807) is 0 Å². The van der Waals surface area contributed by atoms with E-state index in [1.807, 2.05) is 24.3 Å². The predicted molar refractivity (Wildman–Crippen MR) is 74.5 cm³/mol. The Morgan fingerprint density at radius 1 is 1.22 bits per heavy atom. The first-order valence-electron chi connectivity index (χ1n) is 6.52. The first kappa shape index (κ1) is 14.7. The number of nitrogens with one attached hydrogen (secondary N) is 1. The first-order chi connectivity index (χ1) is 8.52. The second kappa shape index (κ2) is 7.17. The fourth-order valence-electron chi connectivity index (χ4n) is 1.62. The summed E-state index contributed by atoms with van der Waals surface area (Å²) in [4.78, 5) is 11.8. The molecule has 3 nitrogen and oxygen atoms in total. The van der Waals surface area contributed by atoms with Crippen LogP contribution in [0.1, 0.15) is 32.8 Å². The standard InChI is InChI=1S/C15H23NO2/c1-11(2)12(3)10-15(18)16-14-6-4-13(5-7-14)8-9-17/h4-7,11-12,17H,8-10H2,1-3H3,(H,16,18). The molecule has 1 amide bonds. The van der Waals surface area contributed by atoms with Gasteiger partial charge in [-0.2, -0.15) is 0 Å². The van der Waals surface area contributed by atoms with Crippen molar-refractivity contribution < 1.29 is 9.90 Å². The van der Waals surface area contributed by atoms with Gasteiger partial charge in [0, 0.05) is 18.7 Å². The van der Waals surface area contributed by atoms with Crippen LogP contribution >= 0.6 is 0 Å². The van der Waals surface area contributed by atoms with E-state index >= 15 is 0 Å². The second-order valence-electron chi connectivity index (χ2n) is 5.14. The number of anilines is 1. The van der Waals surface area contributed by atoms with Crippen LogP contribution in [0.5, 0.6) is 0 Å². The Bertz CT molecular complexity index is 371. The van der Waals surface area contributed by atoms with Crippen molar-refractivity contribution >= 4 is 11.6 Å². The molecular formula is C15H23NO2. The number of aliphatic hydroxyl groups is 1. The van der Waals surface area contributed by atoms with Crippen molar-refractivity contribution in [1.82, 2.24) is 0 Å². The highest BCUT2D eigenvalue weighted by molar-refractivity contribution is 5.90. The molecule has 18 heavy (non-hydrogen) atoms. The van der Waals surface area contributed by atoms with Gasteiger partial charge >= 0.3 is 0 Å². The minimum Gasteiger partial charge on any atom is -0.396 e. The van der Waals surface area contributed by atoms with E-state index in [1.165, 1.54) is 0 Å². The van der Waals surface area contributed by atoms with Crippen LogP contribution < -0.4 is 5.32 Å². The van der Waals surface area contributed by atoms with Crippen molar-refractivity contribution in [2.45, 2.75) is 33.6 Å². The second-order valence-corrected chi connectivity index (χ2v) is 5.14. The van der Waals surface area contributed by atoms with Crippen LogP contribution in [-0.2, 0) is 11.2 Å². The SMILES string of the molecule is CC(C)C(C)CC(=O)Nc1ccc(CCO)cc1. The van der Waals surface area contributed by atoms with E-state index in [9.17, 15) is 4.79 Å². The summed E-state index contributed by atoms with van der Waals surface area (Å²) >= 11 is 0. The Hall–Kier alpha value is -1.35. The van der Waals surface area contributed by atoms with Crippen LogP contribution in [0.2, 0.25) is 0 Å². The molecule has 100 valence electrons. The van der Waals surface area contributed by atoms with Gasteiger partial charge in [-0.3, -0.25) is 4.79 Å². The molecule has 0 radical (unpaired) electrons. The molecule has 3 heteroatoms. The molecule has 0 heterocycles. The smallest absolute Gasteiger partial charge is 0.224 e. The fraction of sp³-hybridized carbons (Fsp3) is 0.533. The summed E-state index contributed by atoms with van der Waals surface area (Å²) in [5.74, 6) is 0.965. The van der Waals surface area contributed by atoms with Gasteiger partial charge < -0.3 is 10.4 Å². The molecule has 1 unspecified atom stereocenters. The lowest BCUT2D eigenvalue weighted by Gasteiger charge is -2.15. The Labute approximate surface area is 109 Å². The summed E-state index contributed by atoms with van der Waals surface area (Å²) < 4.78 is 0. The van der Waals surface area contributed by atoms with Gasteiger partial charge in [0.2, 0.25) is 5.91 Å². The molecule has 0 saturated carbocycles. The molecule has 0 aliphatic heterocycles. The minimum atomic E-state index is 0.0612. The number of hydrogen-bond acceptors (Lipinski definition) is 2. The quantitative estimate of drug-likeness (QED) is 0.814. The van der Waals surface area contributed by atoms with Crippen molar-refractivity contribution in [2.75, 3.05) is 11.9 Å². The molecule has 0 saturated heterocycles.